The van der Waals surface area contributed by atoms with Crippen LogP contribution in [0.15, 0.2) is 95.9 Å². The third-order valence-electron chi connectivity index (χ3n) is 3.91. The van der Waals surface area contributed by atoms with Crippen molar-refractivity contribution in [1.82, 2.24) is 4.48 Å². The van der Waals surface area contributed by atoms with E-state index in [2.05, 4.69) is 74.8 Å². The highest BCUT2D eigenvalue weighted by atomic mass is 32.2. The topological polar surface area (TPSA) is 57.2 Å². The average molecular weight is 369 g/mol. The lowest BCUT2D eigenvalue weighted by molar-refractivity contribution is 0.392. The summed E-state index contributed by atoms with van der Waals surface area (Å²) in [6, 6.07) is 28.4. The van der Waals surface area contributed by atoms with Gasteiger partial charge < -0.3 is 4.55 Å². The zero-order chi connectivity index (χ0) is 19.0. The summed E-state index contributed by atoms with van der Waals surface area (Å²) in [5, 5.41) is 0. The van der Waals surface area contributed by atoms with Gasteiger partial charge >= 0.3 is 0 Å². The normalized spacial score (nSPS) is 11.3. The van der Waals surface area contributed by atoms with Crippen LogP contribution in [0.2, 0.25) is 0 Å². The van der Waals surface area contributed by atoms with E-state index in [1.807, 2.05) is 0 Å². The number of para-hydroxylation sites is 1. The van der Waals surface area contributed by atoms with E-state index in [-0.39, 0.29) is 4.90 Å². The lowest BCUT2D eigenvalue weighted by atomic mass is 10.2. The Morgan fingerprint density at radius 3 is 1.58 bits per heavy atom. The van der Waals surface area contributed by atoms with Gasteiger partial charge in [-0.2, -0.15) is 0 Å². The van der Waals surface area contributed by atoms with Crippen LogP contribution in [0.3, 0.4) is 0 Å². The molecule has 0 aromatic heterocycles. The summed E-state index contributed by atoms with van der Waals surface area (Å²) in [6.07, 6.45) is 0. The summed E-state index contributed by atoms with van der Waals surface area (Å²) < 4.78 is 31.7. The molecular formula is C21H23NO3S. The molecule has 3 rings (SSSR count). The van der Waals surface area contributed by atoms with Crippen LogP contribution >= 0.6 is 0 Å². The van der Waals surface area contributed by atoms with Gasteiger partial charge in [0, 0.05) is 5.56 Å². The third kappa shape index (κ3) is 6.11. The molecular weight excluding hydrogens is 346 g/mol. The maximum atomic E-state index is 10.3. The van der Waals surface area contributed by atoms with Crippen molar-refractivity contribution < 1.29 is 13.0 Å². The fourth-order valence-corrected chi connectivity index (χ4v) is 3.04. The summed E-state index contributed by atoms with van der Waals surface area (Å²) >= 11 is 0. The fourth-order valence-electron chi connectivity index (χ4n) is 2.55. The van der Waals surface area contributed by atoms with E-state index in [0.29, 0.717) is 0 Å². The Morgan fingerprint density at radius 2 is 1.15 bits per heavy atom. The van der Waals surface area contributed by atoms with Gasteiger partial charge in [-0.1, -0.05) is 66.7 Å². The van der Waals surface area contributed by atoms with Crippen LogP contribution in [0.4, 0.5) is 5.69 Å². The second kappa shape index (κ2) is 8.76. The summed E-state index contributed by atoms with van der Waals surface area (Å²) in [4.78, 5) is -0.185. The summed E-state index contributed by atoms with van der Waals surface area (Å²) in [6.45, 7) is 1.02. The van der Waals surface area contributed by atoms with E-state index >= 15 is 0 Å². The SMILES string of the molecule is C[N+](C)(Cc1ccccc1)c1ccccc1.O=S(=O)([O-])c1ccccc1. The van der Waals surface area contributed by atoms with Crippen LogP contribution in [0.5, 0.6) is 0 Å². The molecule has 0 unspecified atom stereocenters. The Hall–Kier alpha value is -2.47. The van der Waals surface area contributed by atoms with E-state index in [1.165, 1.54) is 35.5 Å². The lowest BCUT2D eigenvalue weighted by Crippen LogP contribution is -2.39. The molecule has 0 amide bonds. The molecule has 0 N–H and O–H groups in total. The van der Waals surface area contributed by atoms with E-state index in [0.717, 1.165) is 11.0 Å². The van der Waals surface area contributed by atoms with E-state index in [4.69, 9.17) is 0 Å². The van der Waals surface area contributed by atoms with Gasteiger partial charge in [-0.25, -0.2) is 8.42 Å². The van der Waals surface area contributed by atoms with Crippen molar-refractivity contribution in [3.63, 3.8) is 0 Å². The standard InChI is InChI=1S/C15H18N.C6H6O3S/c1-16(2,15-11-7-4-8-12-15)13-14-9-5-3-6-10-14;7-10(8,9)6-4-2-1-3-5-6/h3-12H,13H2,1-2H3;1-5H,(H,7,8,9)/q+1;/p-1. The van der Waals surface area contributed by atoms with Crippen molar-refractivity contribution in [2.24, 2.45) is 0 Å². The largest absolute Gasteiger partial charge is 0.744 e. The Morgan fingerprint density at radius 1 is 0.731 bits per heavy atom. The molecule has 0 aliphatic rings. The number of nitrogens with zero attached hydrogens (tertiary/aromatic N) is 1. The Labute approximate surface area is 155 Å². The second-order valence-corrected chi connectivity index (χ2v) is 7.81. The molecule has 3 aromatic rings. The predicted molar refractivity (Wildman–Crippen MR) is 105 cm³/mol. The molecule has 0 aliphatic carbocycles. The van der Waals surface area contributed by atoms with Gasteiger partial charge in [-0.05, 0) is 24.3 Å². The predicted octanol–water partition coefficient (Wildman–Crippen LogP) is 4.04. The maximum Gasteiger partial charge on any atom is 0.132 e. The van der Waals surface area contributed by atoms with Gasteiger partial charge in [0.1, 0.15) is 22.4 Å². The highest BCUT2D eigenvalue weighted by molar-refractivity contribution is 7.85. The number of hydrogen-bond acceptors (Lipinski definition) is 3. The Balaban J connectivity index is 0.000000209. The first kappa shape index (κ1) is 19.8. The first-order chi connectivity index (χ1) is 12.3. The fraction of sp³-hybridized carbons (Fsp3) is 0.143. The van der Waals surface area contributed by atoms with Crippen LogP contribution in [0.25, 0.3) is 0 Å². The average Bonchev–Trinajstić information content (AvgIpc) is 2.64. The van der Waals surface area contributed by atoms with Gasteiger partial charge in [-0.15, -0.1) is 0 Å². The molecule has 0 fully saturated rings. The molecule has 0 spiro atoms. The first-order valence-corrected chi connectivity index (χ1v) is 9.63. The minimum absolute atomic E-state index is 0.185. The van der Waals surface area contributed by atoms with Gasteiger partial charge in [-0.3, -0.25) is 4.48 Å². The highest BCUT2D eigenvalue weighted by Gasteiger charge is 2.18. The Bertz CT molecular complexity index is 894. The molecule has 0 saturated carbocycles. The Kier molecular flexibility index (Phi) is 6.69. The van der Waals surface area contributed by atoms with Crippen molar-refractivity contribution in [3.8, 4) is 0 Å². The minimum Gasteiger partial charge on any atom is -0.744 e. The monoisotopic (exact) mass is 369 g/mol. The first-order valence-electron chi connectivity index (χ1n) is 8.22. The molecule has 5 heteroatoms. The lowest BCUT2D eigenvalue weighted by Gasteiger charge is -2.29. The van der Waals surface area contributed by atoms with Crippen molar-refractivity contribution in [2.75, 3.05) is 14.1 Å². The smallest absolute Gasteiger partial charge is 0.132 e. The van der Waals surface area contributed by atoms with Crippen LogP contribution in [0, 0.1) is 0 Å². The molecule has 136 valence electrons. The van der Waals surface area contributed by atoms with E-state index in [9.17, 15) is 13.0 Å². The molecule has 26 heavy (non-hydrogen) atoms. The van der Waals surface area contributed by atoms with Crippen molar-refractivity contribution in [3.05, 3.63) is 96.6 Å². The molecule has 0 saturated heterocycles. The maximum absolute atomic E-state index is 10.3. The van der Waals surface area contributed by atoms with Crippen LogP contribution in [-0.2, 0) is 16.7 Å². The quantitative estimate of drug-likeness (QED) is 0.515. The summed E-state index contributed by atoms with van der Waals surface area (Å²) in [5.74, 6) is 0. The third-order valence-corrected chi connectivity index (χ3v) is 4.76. The van der Waals surface area contributed by atoms with Crippen molar-refractivity contribution in [2.45, 2.75) is 11.4 Å². The van der Waals surface area contributed by atoms with Gasteiger partial charge in [0.25, 0.3) is 0 Å². The number of benzene rings is 3. The van der Waals surface area contributed by atoms with E-state index < -0.39 is 10.1 Å². The molecule has 0 bridgehead atoms. The van der Waals surface area contributed by atoms with Crippen LogP contribution < -0.4 is 4.48 Å². The molecule has 0 heterocycles. The van der Waals surface area contributed by atoms with Crippen molar-refractivity contribution in [1.29, 1.82) is 0 Å². The van der Waals surface area contributed by atoms with Gasteiger partial charge in [0.2, 0.25) is 0 Å². The van der Waals surface area contributed by atoms with E-state index in [1.54, 1.807) is 6.07 Å². The van der Waals surface area contributed by atoms with Gasteiger partial charge in [0.05, 0.1) is 19.0 Å². The highest BCUT2D eigenvalue weighted by Crippen LogP contribution is 2.21. The summed E-state index contributed by atoms with van der Waals surface area (Å²) in [5.41, 5.74) is 2.71. The van der Waals surface area contributed by atoms with Crippen LogP contribution in [-0.4, -0.2) is 27.1 Å². The number of rotatable bonds is 4. The zero-order valence-electron chi connectivity index (χ0n) is 14.9. The zero-order valence-corrected chi connectivity index (χ0v) is 15.8. The molecule has 0 atom stereocenters. The minimum atomic E-state index is -4.25. The molecule has 3 aromatic carbocycles. The second-order valence-electron chi connectivity index (χ2n) is 6.43. The van der Waals surface area contributed by atoms with Crippen molar-refractivity contribution >= 4 is 15.8 Å². The van der Waals surface area contributed by atoms with Crippen LogP contribution in [0.1, 0.15) is 5.56 Å². The number of quaternary nitrogens is 1. The summed E-state index contributed by atoms with van der Waals surface area (Å²) in [7, 11) is 0.224. The molecule has 0 aliphatic heterocycles. The van der Waals surface area contributed by atoms with Gasteiger partial charge in [0.15, 0.2) is 0 Å². The molecule has 4 nitrogen and oxygen atoms in total. The number of hydrogen-bond donors (Lipinski definition) is 0. The molecule has 0 radical (unpaired) electrons.